The molecule has 0 saturated heterocycles. The van der Waals surface area contributed by atoms with Crippen molar-refractivity contribution in [3.8, 4) is 0 Å². The summed E-state index contributed by atoms with van der Waals surface area (Å²) in [5, 5.41) is 9.58. The maximum atomic E-state index is 13.6. The summed E-state index contributed by atoms with van der Waals surface area (Å²) in [5.74, 6) is -3.12. The number of rotatable bonds is 6. The van der Waals surface area contributed by atoms with E-state index in [0.29, 0.717) is 30.5 Å². The second-order valence-electron chi connectivity index (χ2n) is 11.5. The number of carbonyl (C=O) groups is 3. The van der Waals surface area contributed by atoms with Crippen LogP contribution in [-0.4, -0.2) is 38.0 Å². The lowest BCUT2D eigenvalue weighted by atomic mass is 9.97. The molecule has 2 aromatic heterocycles. The molecule has 0 aliphatic heterocycles. The molecule has 5 rings (SSSR count). The summed E-state index contributed by atoms with van der Waals surface area (Å²) < 4.78 is 59.7. The van der Waals surface area contributed by atoms with Gasteiger partial charge in [0.15, 0.2) is 5.65 Å². The molecule has 2 aromatic carbocycles. The van der Waals surface area contributed by atoms with Crippen molar-refractivity contribution in [2.75, 3.05) is 0 Å². The maximum Gasteiger partial charge on any atom is 0.419 e. The number of nitrogens with one attached hydrogen (secondary N) is 2. The third-order valence-corrected chi connectivity index (χ3v) is 7.23. The number of ether oxygens (including phenoxy) is 1. The fraction of sp³-hybridized carbons (Fsp3) is 0.323. The summed E-state index contributed by atoms with van der Waals surface area (Å²) in [6.45, 7) is 6.89. The molecule has 0 bridgehead atoms. The number of hydrogen-bond acceptors (Lipinski definition) is 6. The number of alkyl halides is 3. The van der Waals surface area contributed by atoms with Crippen LogP contribution >= 0.6 is 0 Å². The average Bonchev–Trinajstić information content (AvgIpc) is 3.58. The summed E-state index contributed by atoms with van der Waals surface area (Å²) in [4.78, 5) is 43.4. The third kappa shape index (κ3) is 6.26. The van der Waals surface area contributed by atoms with Gasteiger partial charge in [0.2, 0.25) is 0 Å². The Morgan fingerprint density at radius 3 is 2.50 bits per heavy atom. The van der Waals surface area contributed by atoms with Crippen molar-refractivity contribution in [3.63, 3.8) is 0 Å². The van der Waals surface area contributed by atoms with Crippen molar-refractivity contribution in [1.82, 2.24) is 25.2 Å². The average molecular weight is 612 g/mol. The molecule has 0 saturated carbocycles. The topological polar surface area (TPSA) is 115 Å². The number of amides is 2. The molecule has 2 N–H and O–H groups in total. The van der Waals surface area contributed by atoms with Gasteiger partial charge in [0.05, 0.1) is 23.4 Å². The first-order valence-electron chi connectivity index (χ1n) is 13.8. The van der Waals surface area contributed by atoms with Crippen LogP contribution in [0.1, 0.15) is 92.4 Å². The zero-order valence-electron chi connectivity index (χ0n) is 24.3. The Morgan fingerprint density at radius 2 is 1.80 bits per heavy atom. The summed E-state index contributed by atoms with van der Waals surface area (Å²) in [6.07, 6.45) is -2.27. The van der Waals surface area contributed by atoms with Crippen LogP contribution in [0.2, 0.25) is 0 Å². The maximum absolute atomic E-state index is 13.6. The van der Waals surface area contributed by atoms with Crippen molar-refractivity contribution >= 4 is 23.4 Å². The third-order valence-electron chi connectivity index (χ3n) is 7.23. The zero-order chi connectivity index (χ0) is 32.0. The molecule has 2 amide bonds. The standard InChI is InChI=1S/C31H29F4N5O4/c1-16-18-8-10-23(20(18)7-6-19(16)29(43)44-30(2,3)4)39-28(42)25-14-24(38-26-11-12-37-40(25)26)27(41)36-15-17-5-9-22(32)21(13-17)31(33,34)35/h5-7,9,11-14,23H,8,10,15H2,1-4H3,(H,36,41)(H,39,42)/t23-/m0/s1. The number of halogens is 4. The van der Waals surface area contributed by atoms with E-state index < -0.39 is 40.9 Å². The number of nitrogens with zero attached hydrogens (tertiary/aromatic N) is 3. The highest BCUT2D eigenvalue weighted by atomic mass is 19.4. The Labute approximate surface area is 249 Å². The van der Waals surface area contributed by atoms with E-state index in [9.17, 15) is 31.9 Å². The number of carbonyl (C=O) groups excluding carboxylic acids is 3. The van der Waals surface area contributed by atoms with Crippen LogP contribution in [0.4, 0.5) is 17.6 Å². The number of aromatic nitrogens is 3. The second-order valence-corrected chi connectivity index (χ2v) is 11.5. The van der Waals surface area contributed by atoms with Crippen LogP contribution in [0, 0.1) is 12.7 Å². The molecule has 4 aromatic rings. The van der Waals surface area contributed by atoms with Crippen LogP contribution in [-0.2, 0) is 23.9 Å². The molecule has 230 valence electrons. The number of hydrogen-bond donors (Lipinski definition) is 2. The predicted octanol–water partition coefficient (Wildman–Crippen LogP) is 5.50. The Kier molecular flexibility index (Phi) is 7.91. The van der Waals surface area contributed by atoms with E-state index in [2.05, 4.69) is 20.7 Å². The highest BCUT2D eigenvalue weighted by molar-refractivity contribution is 5.98. The Hall–Kier alpha value is -4.81. The van der Waals surface area contributed by atoms with Gasteiger partial charge in [-0.3, -0.25) is 9.59 Å². The Morgan fingerprint density at radius 1 is 1.05 bits per heavy atom. The number of benzene rings is 2. The van der Waals surface area contributed by atoms with Gasteiger partial charge >= 0.3 is 12.1 Å². The van der Waals surface area contributed by atoms with Crippen molar-refractivity contribution in [2.24, 2.45) is 0 Å². The molecule has 1 atom stereocenters. The molecule has 1 aliphatic rings. The minimum atomic E-state index is -4.89. The molecule has 0 radical (unpaired) electrons. The minimum absolute atomic E-state index is 0.0156. The van der Waals surface area contributed by atoms with Crippen LogP contribution in [0.3, 0.4) is 0 Å². The predicted molar refractivity (Wildman–Crippen MR) is 150 cm³/mol. The first-order chi connectivity index (χ1) is 20.6. The van der Waals surface area contributed by atoms with E-state index in [1.165, 1.54) is 22.8 Å². The van der Waals surface area contributed by atoms with Crippen molar-refractivity contribution in [3.05, 3.63) is 99.2 Å². The largest absolute Gasteiger partial charge is 0.456 e. The van der Waals surface area contributed by atoms with E-state index in [1.807, 2.05) is 6.92 Å². The molecule has 0 spiro atoms. The Bertz CT molecular complexity index is 1790. The van der Waals surface area contributed by atoms with Gasteiger partial charge in [-0.05, 0) is 81.0 Å². The number of fused-ring (bicyclic) bond motifs is 2. The van der Waals surface area contributed by atoms with Crippen LogP contribution in [0.25, 0.3) is 5.65 Å². The van der Waals surface area contributed by atoms with Crippen LogP contribution in [0.15, 0.2) is 48.7 Å². The van der Waals surface area contributed by atoms with Gasteiger partial charge < -0.3 is 15.4 Å². The monoisotopic (exact) mass is 611 g/mol. The minimum Gasteiger partial charge on any atom is -0.456 e. The SMILES string of the molecule is Cc1c(C(=O)OC(C)(C)C)ccc2c1CC[C@@H]2NC(=O)c1cc(C(=O)NCc2ccc(F)c(C(F)(F)F)c2)nc2ccnn12. The van der Waals surface area contributed by atoms with Gasteiger partial charge in [-0.2, -0.15) is 18.3 Å². The lowest BCUT2D eigenvalue weighted by molar-refractivity contribution is -0.140. The summed E-state index contributed by atoms with van der Waals surface area (Å²) in [5.41, 5.74) is 1.07. The van der Waals surface area contributed by atoms with Gasteiger partial charge in [0.1, 0.15) is 22.8 Å². The molecule has 0 fully saturated rings. The first kappa shape index (κ1) is 30.6. The van der Waals surface area contributed by atoms with Crippen molar-refractivity contribution in [1.29, 1.82) is 0 Å². The highest BCUT2D eigenvalue weighted by Crippen LogP contribution is 2.35. The lowest BCUT2D eigenvalue weighted by Crippen LogP contribution is -2.30. The van der Waals surface area contributed by atoms with Crippen LogP contribution < -0.4 is 10.6 Å². The molecular formula is C31H29F4N5O4. The van der Waals surface area contributed by atoms with Gasteiger partial charge in [-0.1, -0.05) is 12.1 Å². The van der Waals surface area contributed by atoms with Crippen LogP contribution in [0.5, 0.6) is 0 Å². The van der Waals surface area contributed by atoms with E-state index >= 15 is 0 Å². The summed E-state index contributed by atoms with van der Waals surface area (Å²) in [6, 6.07) is 8.29. The van der Waals surface area contributed by atoms with Gasteiger partial charge in [0, 0.05) is 18.7 Å². The molecular weight excluding hydrogens is 582 g/mol. The van der Waals surface area contributed by atoms with Gasteiger partial charge in [-0.15, -0.1) is 0 Å². The molecule has 2 heterocycles. The van der Waals surface area contributed by atoms with E-state index in [1.54, 1.807) is 32.9 Å². The smallest absolute Gasteiger partial charge is 0.419 e. The molecule has 1 aliphatic carbocycles. The van der Waals surface area contributed by atoms with Crippen molar-refractivity contribution in [2.45, 2.75) is 64.9 Å². The molecule has 0 unspecified atom stereocenters. The Balaban J connectivity index is 1.34. The fourth-order valence-electron chi connectivity index (χ4n) is 5.18. The van der Waals surface area contributed by atoms with E-state index in [0.717, 1.165) is 22.8 Å². The van der Waals surface area contributed by atoms with E-state index in [4.69, 9.17) is 4.74 Å². The first-order valence-corrected chi connectivity index (χ1v) is 13.8. The zero-order valence-corrected chi connectivity index (χ0v) is 24.3. The van der Waals surface area contributed by atoms with Gasteiger partial charge in [0.25, 0.3) is 11.8 Å². The van der Waals surface area contributed by atoms with Gasteiger partial charge in [-0.25, -0.2) is 18.7 Å². The number of esters is 1. The second kappa shape index (κ2) is 11.4. The summed E-state index contributed by atoms with van der Waals surface area (Å²) >= 11 is 0. The normalized spacial score (nSPS) is 14.8. The summed E-state index contributed by atoms with van der Waals surface area (Å²) in [7, 11) is 0. The molecule has 44 heavy (non-hydrogen) atoms. The molecule has 9 nitrogen and oxygen atoms in total. The lowest BCUT2D eigenvalue weighted by Gasteiger charge is -2.21. The van der Waals surface area contributed by atoms with E-state index in [-0.39, 0.29) is 35.2 Å². The highest BCUT2D eigenvalue weighted by Gasteiger charge is 2.34. The van der Waals surface area contributed by atoms with Crippen molar-refractivity contribution < 1.29 is 36.7 Å². The molecule has 13 heteroatoms. The quantitative estimate of drug-likeness (QED) is 0.220. The fourth-order valence-corrected chi connectivity index (χ4v) is 5.18.